The Balaban J connectivity index is 1.85. The molecule has 0 aromatic carbocycles. The Bertz CT molecular complexity index is 415. The third-order valence-electron chi connectivity index (χ3n) is 3.20. The maximum atomic E-state index is 11.7. The number of hydrogen-bond donors (Lipinski definition) is 1. The molecule has 3 rings (SSSR count). The van der Waals surface area contributed by atoms with E-state index in [0.29, 0.717) is 6.42 Å². The molecule has 1 aromatic rings. The fourth-order valence-corrected chi connectivity index (χ4v) is 2.87. The molecule has 7 heteroatoms. The number of hydrogen-bond acceptors (Lipinski definition) is 6. The average Bonchev–Trinajstić information content (AvgIpc) is 2.98. The summed E-state index contributed by atoms with van der Waals surface area (Å²) in [5, 5.41) is 3.31. The zero-order chi connectivity index (χ0) is 11.7. The van der Waals surface area contributed by atoms with Crippen molar-refractivity contribution in [2.24, 2.45) is 0 Å². The van der Waals surface area contributed by atoms with Gasteiger partial charge in [-0.2, -0.15) is 8.75 Å². The van der Waals surface area contributed by atoms with Crippen LogP contribution in [0.15, 0.2) is 0 Å². The summed E-state index contributed by atoms with van der Waals surface area (Å²) in [6, 6.07) is 0. The van der Waals surface area contributed by atoms with Crippen molar-refractivity contribution < 1.29 is 4.79 Å². The molecule has 0 unspecified atom stereocenters. The zero-order valence-corrected chi connectivity index (χ0v) is 10.4. The first kappa shape index (κ1) is 10.9. The predicted molar refractivity (Wildman–Crippen MR) is 66.6 cm³/mol. The van der Waals surface area contributed by atoms with E-state index in [2.05, 4.69) is 19.0 Å². The molecule has 1 aromatic heterocycles. The Labute approximate surface area is 104 Å². The second kappa shape index (κ2) is 4.58. The molecule has 17 heavy (non-hydrogen) atoms. The highest BCUT2D eigenvalue weighted by Gasteiger charge is 2.29. The van der Waals surface area contributed by atoms with E-state index >= 15 is 0 Å². The van der Waals surface area contributed by atoms with E-state index < -0.39 is 0 Å². The maximum absolute atomic E-state index is 11.7. The molecule has 0 aliphatic carbocycles. The van der Waals surface area contributed by atoms with Crippen LogP contribution in [0, 0.1) is 0 Å². The molecular formula is C10H15N5OS. The van der Waals surface area contributed by atoms with E-state index in [0.717, 1.165) is 50.8 Å². The second-order valence-electron chi connectivity index (χ2n) is 4.30. The van der Waals surface area contributed by atoms with Crippen LogP contribution in [0.2, 0.25) is 0 Å². The van der Waals surface area contributed by atoms with Crippen molar-refractivity contribution in [3.63, 3.8) is 0 Å². The monoisotopic (exact) mass is 253 g/mol. The molecule has 1 amide bonds. The lowest BCUT2D eigenvalue weighted by Gasteiger charge is -2.28. The summed E-state index contributed by atoms with van der Waals surface area (Å²) < 4.78 is 8.65. The van der Waals surface area contributed by atoms with Crippen LogP contribution >= 0.6 is 11.7 Å². The number of piperazine rings is 1. The minimum absolute atomic E-state index is 0.175. The third-order valence-corrected chi connectivity index (χ3v) is 3.71. The fraction of sp³-hybridized carbons (Fsp3) is 0.700. The van der Waals surface area contributed by atoms with Gasteiger partial charge in [-0.3, -0.25) is 9.69 Å². The molecule has 3 heterocycles. The standard InChI is InChI=1S/C10H15N5OS/c16-8-2-1-5-15(8)10-9(12-17-13-10)14-6-3-11-4-7-14/h11H,1-7H2. The molecule has 0 radical (unpaired) electrons. The summed E-state index contributed by atoms with van der Waals surface area (Å²) in [5.74, 6) is 1.82. The van der Waals surface area contributed by atoms with Crippen molar-refractivity contribution in [3.05, 3.63) is 0 Å². The minimum Gasteiger partial charge on any atom is -0.350 e. The molecular weight excluding hydrogens is 238 g/mol. The summed E-state index contributed by atoms with van der Waals surface area (Å²) >= 11 is 1.19. The van der Waals surface area contributed by atoms with Crippen molar-refractivity contribution in [2.45, 2.75) is 12.8 Å². The average molecular weight is 253 g/mol. The molecule has 2 fully saturated rings. The Morgan fingerprint density at radius 1 is 1.12 bits per heavy atom. The number of anilines is 2. The van der Waals surface area contributed by atoms with Gasteiger partial charge < -0.3 is 10.2 Å². The molecule has 0 spiro atoms. The SMILES string of the molecule is O=C1CCCN1c1nsnc1N1CCNCC1. The molecule has 0 saturated carbocycles. The largest absolute Gasteiger partial charge is 0.350 e. The van der Waals surface area contributed by atoms with Gasteiger partial charge >= 0.3 is 0 Å². The number of aromatic nitrogens is 2. The molecule has 2 saturated heterocycles. The van der Waals surface area contributed by atoms with Crippen LogP contribution in [0.4, 0.5) is 11.6 Å². The van der Waals surface area contributed by atoms with Crippen LogP contribution in [-0.4, -0.2) is 47.4 Å². The molecule has 0 atom stereocenters. The predicted octanol–water partition coefficient (Wildman–Crippen LogP) is 0.0745. The van der Waals surface area contributed by atoms with Gasteiger partial charge in [-0.05, 0) is 6.42 Å². The number of carbonyl (C=O) groups excluding carboxylic acids is 1. The first-order chi connectivity index (χ1) is 8.36. The highest BCUT2D eigenvalue weighted by atomic mass is 32.1. The molecule has 0 bridgehead atoms. The first-order valence-electron chi connectivity index (χ1n) is 5.95. The van der Waals surface area contributed by atoms with Gasteiger partial charge in [0.1, 0.15) is 0 Å². The van der Waals surface area contributed by atoms with E-state index in [1.165, 1.54) is 11.7 Å². The van der Waals surface area contributed by atoms with Crippen molar-refractivity contribution in [2.75, 3.05) is 42.5 Å². The van der Waals surface area contributed by atoms with E-state index in [1.54, 1.807) is 4.90 Å². The van der Waals surface area contributed by atoms with Gasteiger partial charge in [-0.25, -0.2) is 0 Å². The van der Waals surface area contributed by atoms with Gasteiger partial charge in [0.2, 0.25) is 5.91 Å². The molecule has 1 N–H and O–H groups in total. The van der Waals surface area contributed by atoms with Crippen molar-refractivity contribution in [1.29, 1.82) is 0 Å². The number of nitrogens with zero attached hydrogens (tertiary/aromatic N) is 4. The van der Waals surface area contributed by atoms with Gasteiger partial charge in [0.25, 0.3) is 0 Å². The normalized spacial score (nSPS) is 21.3. The third kappa shape index (κ3) is 2.00. The Morgan fingerprint density at radius 3 is 2.59 bits per heavy atom. The second-order valence-corrected chi connectivity index (χ2v) is 4.83. The van der Waals surface area contributed by atoms with Gasteiger partial charge in [0.15, 0.2) is 11.6 Å². The summed E-state index contributed by atoms with van der Waals surface area (Å²) in [4.78, 5) is 15.7. The topological polar surface area (TPSA) is 61.4 Å². The van der Waals surface area contributed by atoms with Crippen molar-refractivity contribution >= 4 is 29.3 Å². The van der Waals surface area contributed by atoms with Crippen molar-refractivity contribution in [1.82, 2.24) is 14.1 Å². The van der Waals surface area contributed by atoms with E-state index in [-0.39, 0.29) is 5.91 Å². The lowest BCUT2D eigenvalue weighted by Crippen LogP contribution is -2.44. The van der Waals surface area contributed by atoms with E-state index in [9.17, 15) is 4.79 Å². The van der Waals surface area contributed by atoms with Crippen LogP contribution < -0.4 is 15.1 Å². The number of carbonyl (C=O) groups is 1. The Kier molecular flexibility index (Phi) is 2.94. The summed E-state index contributed by atoms with van der Waals surface area (Å²) in [6.45, 7) is 4.57. The van der Waals surface area contributed by atoms with Gasteiger partial charge in [0, 0.05) is 39.1 Å². The molecule has 2 aliphatic heterocycles. The highest BCUT2D eigenvalue weighted by Crippen LogP contribution is 2.30. The van der Waals surface area contributed by atoms with Crippen molar-refractivity contribution in [3.8, 4) is 0 Å². The summed E-state index contributed by atoms with van der Waals surface area (Å²) in [6.07, 6.45) is 1.57. The lowest BCUT2D eigenvalue weighted by molar-refractivity contribution is -0.117. The smallest absolute Gasteiger partial charge is 0.228 e. The molecule has 92 valence electrons. The molecule has 2 aliphatic rings. The van der Waals surface area contributed by atoms with Gasteiger partial charge in [-0.15, -0.1) is 0 Å². The maximum Gasteiger partial charge on any atom is 0.228 e. The van der Waals surface area contributed by atoms with Crippen LogP contribution in [0.3, 0.4) is 0 Å². The Morgan fingerprint density at radius 2 is 1.88 bits per heavy atom. The van der Waals surface area contributed by atoms with E-state index in [4.69, 9.17) is 0 Å². The van der Waals surface area contributed by atoms with Gasteiger partial charge in [-0.1, -0.05) is 0 Å². The quantitative estimate of drug-likeness (QED) is 0.808. The minimum atomic E-state index is 0.175. The van der Waals surface area contributed by atoms with Crippen LogP contribution in [0.1, 0.15) is 12.8 Å². The van der Waals surface area contributed by atoms with Gasteiger partial charge in [0.05, 0.1) is 11.7 Å². The first-order valence-corrected chi connectivity index (χ1v) is 6.68. The fourth-order valence-electron chi connectivity index (χ4n) is 2.30. The number of rotatable bonds is 2. The van der Waals surface area contributed by atoms with Crippen LogP contribution in [0.5, 0.6) is 0 Å². The molecule has 6 nitrogen and oxygen atoms in total. The number of amides is 1. The summed E-state index contributed by atoms with van der Waals surface area (Å²) in [5.41, 5.74) is 0. The number of nitrogens with one attached hydrogen (secondary N) is 1. The highest BCUT2D eigenvalue weighted by molar-refractivity contribution is 6.99. The lowest BCUT2D eigenvalue weighted by atomic mass is 10.3. The zero-order valence-electron chi connectivity index (χ0n) is 9.56. The van der Waals surface area contributed by atoms with Crippen LogP contribution in [0.25, 0.3) is 0 Å². The van der Waals surface area contributed by atoms with Crippen LogP contribution in [-0.2, 0) is 4.79 Å². The summed E-state index contributed by atoms with van der Waals surface area (Å²) in [7, 11) is 0. The Hall–Kier alpha value is -1.21. The van der Waals surface area contributed by atoms with E-state index in [1.807, 2.05) is 0 Å².